The summed E-state index contributed by atoms with van der Waals surface area (Å²) in [5, 5.41) is 8.37. The molecule has 152 valence electrons. The Labute approximate surface area is 188 Å². The van der Waals surface area contributed by atoms with E-state index in [0.717, 1.165) is 8.58 Å². The Balaban J connectivity index is 0.000000167. The number of benzene rings is 3. The second kappa shape index (κ2) is 11.3. The predicted octanol–water partition coefficient (Wildman–Crippen LogP) is 7.20. The van der Waals surface area contributed by atoms with E-state index in [9.17, 15) is 6.18 Å². The van der Waals surface area contributed by atoms with Gasteiger partial charge in [-0.15, -0.1) is 95.1 Å². The molecule has 5 aromatic carbocycles. The van der Waals surface area contributed by atoms with Crippen molar-refractivity contribution in [3.05, 3.63) is 108 Å². The van der Waals surface area contributed by atoms with Crippen LogP contribution in [0.5, 0.6) is 0 Å². The van der Waals surface area contributed by atoms with Crippen LogP contribution in [0.15, 0.2) is 97.1 Å². The zero-order chi connectivity index (χ0) is 21.3. The van der Waals surface area contributed by atoms with Crippen molar-refractivity contribution in [3.63, 3.8) is 0 Å². The van der Waals surface area contributed by atoms with E-state index in [4.69, 9.17) is 0 Å². The number of hydrogen-bond donors (Lipinski definition) is 0. The van der Waals surface area contributed by atoms with Gasteiger partial charge in [0.05, 0.1) is 0 Å². The molecule has 0 N–H and O–H groups in total. The van der Waals surface area contributed by atoms with Crippen molar-refractivity contribution in [2.45, 2.75) is 13.8 Å². The quantitative estimate of drug-likeness (QED) is 0.151. The number of aryl methyl sites for hydroxylation is 2. The molecule has 0 spiro atoms. The van der Waals surface area contributed by atoms with E-state index in [1.165, 1.54) is 43.3 Å². The Morgan fingerprint density at radius 1 is 0.733 bits per heavy atom. The molecular weight excluding hydrogens is 429 g/mol. The van der Waals surface area contributed by atoms with Gasteiger partial charge in [0, 0.05) is 0 Å². The normalized spacial score (nSPS) is 10.5. The van der Waals surface area contributed by atoms with Crippen LogP contribution < -0.4 is 10.6 Å². The monoisotopic (exact) mass is 452 g/mol. The Kier molecular flexibility index (Phi) is 8.52. The molecule has 0 aliphatic heterocycles. The van der Waals surface area contributed by atoms with Crippen LogP contribution >= 0.6 is 8.58 Å². The van der Waals surface area contributed by atoms with Crippen molar-refractivity contribution in [1.29, 1.82) is 0 Å². The van der Waals surface area contributed by atoms with E-state index >= 15 is 0 Å². The van der Waals surface area contributed by atoms with Gasteiger partial charge in [-0.25, -0.2) is 0 Å². The molecule has 1 atom stereocenters. The third kappa shape index (κ3) is 5.95. The summed E-state index contributed by atoms with van der Waals surface area (Å²) in [5.41, 5.74) is 2.76. The fraction of sp³-hybridized carbons (Fsp3) is 0.0769. The summed E-state index contributed by atoms with van der Waals surface area (Å²) in [7, 11) is 0.754. The first-order valence-electron chi connectivity index (χ1n) is 9.68. The molecule has 0 saturated heterocycles. The fourth-order valence-electron chi connectivity index (χ4n) is 3.51. The van der Waals surface area contributed by atoms with E-state index in [2.05, 4.69) is 111 Å². The molecule has 30 heavy (non-hydrogen) atoms. The van der Waals surface area contributed by atoms with Gasteiger partial charge in [0.25, 0.3) is 0 Å². The molecule has 0 nitrogen and oxygen atoms in total. The molecule has 4 heteroatoms. The minimum absolute atomic E-state index is 0.754. The second-order valence-electron chi connectivity index (χ2n) is 7.01. The van der Waals surface area contributed by atoms with Gasteiger partial charge < -0.3 is 0 Å². The number of fused-ring (bicyclic) bond motifs is 2. The van der Waals surface area contributed by atoms with Gasteiger partial charge in [0.1, 0.15) is 0 Å². The van der Waals surface area contributed by atoms with Gasteiger partial charge in [-0.2, -0.15) is 6.07 Å². The van der Waals surface area contributed by atoms with Crippen LogP contribution in [0.3, 0.4) is 0 Å². The van der Waals surface area contributed by atoms with Crippen LogP contribution in [-0.4, -0.2) is 0 Å². The van der Waals surface area contributed by atoms with E-state index in [1.54, 1.807) is 0 Å². The molecule has 0 aromatic heterocycles. The van der Waals surface area contributed by atoms with Crippen LogP contribution in [-0.2, 0) is 20.2 Å². The van der Waals surface area contributed by atoms with Crippen LogP contribution in [0, 0.1) is 13.8 Å². The summed E-state index contributed by atoms with van der Waals surface area (Å²) in [4.78, 5) is 0. The van der Waals surface area contributed by atoms with Crippen molar-refractivity contribution >= 4 is 40.7 Å². The second-order valence-corrected chi connectivity index (χ2v) is 8.56. The maximum atomic E-state index is 9.75. The molecule has 1 unspecified atom stereocenters. The zero-order valence-electron chi connectivity index (χ0n) is 17.0. The van der Waals surface area contributed by atoms with Crippen molar-refractivity contribution in [2.24, 2.45) is 0 Å². The van der Waals surface area contributed by atoms with Crippen LogP contribution in [0.1, 0.15) is 11.1 Å². The molecule has 0 fully saturated rings. The van der Waals surface area contributed by atoms with Gasteiger partial charge in [-0.1, -0.05) is 56.3 Å². The Morgan fingerprint density at radius 3 is 2.03 bits per heavy atom. The van der Waals surface area contributed by atoms with E-state index in [1.807, 2.05) is 0 Å². The van der Waals surface area contributed by atoms with Gasteiger partial charge in [-0.3, -0.25) is 0 Å². The minimum atomic E-state index is -2.50. The van der Waals surface area contributed by atoms with Gasteiger partial charge in [-0.05, 0) is 5.30 Å². The van der Waals surface area contributed by atoms with E-state index < -0.39 is 20.2 Å². The summed E-state index contributed by atoms with van der Waals surface area (Å²) in [6, 6.07) is 34.5. The standard InChI is InChI=1S/C16H14P.C10H9.2FH.Ti/c1-12-11-13-7-5-6-10-15(13)16(12)17-14-8-3-2-4-9-14;1-8-6-9-4-2-3-5-10(9)7-8;;;/h2-11,17H,1H3;2-7H,1H3;2*1H;/q2*-1;;;+2/p-2. The molecular formula is C26H23F2PTi-2. The van der Waals surface area contributed by atoms with Gasteiger partial charge in [0.2, 0.25) is 0 Å². The van der Waals surface area contributed by atoms with Gasteiger partial charge >= 0.3 is 26.4 Å². The summed E-state index contributed by atoms with van der Waals surface area (Å²) in [6.45, 7) is 4.34. The molecule has 5 rings (SSSR count). The van der Waals surface area contributed by atoms with Crippen molar-refractivity contribution in [1.82, 2.24) is 0 Å². The fourth-order valence-corrected chi connectivity index (χ4v) is 4.79. The zero-order valence-corrected chi connectivity index (χ0v) is 19.6. The van der Waals surface area contributed by atoms with Gasteiger partial charge in [0.15, 0.2) is 0 Å². The molecule has 0 aliphatic carbocycles. The summed E-state index contributed by atoms with van der Waals surface area (Å²) < 4.78 is 19.5. The van der Waals surface area contributed by atoms with Crippen LogP contribution in [0.25, 0.3) is 21.5 Å². The van der Waals surface area contributed by atoms with Crippen molar-refractivity contribution < 1.29 is 26.4 Å². The SMILES string of the molecule is Cc1[cH-]c2ccccc2c1Pc1ccccc1.Cc1cc2ccccc2[cH-]1.[F][Ti][F]. The number of halogens is 2. The molecule has 0 heterocycles. The third-order valence-corrected chi connectivity index (χ3v) is 6.34. The first-order valence-corrected chi connectivity index (χ1v) is 11.9. The maximum absolute atomic E-state index is 9.75. The molecule has 0 radical (unpaired) electrons. The van der Waals surface area contributed by atoms with Crippen molar-refractivity contribution in [3.8, 4) is 0 Å². The summed E-state index contributed by atoms with van der Waals surface area (Å²) in [6.07, 6.45) is 0. The third-order valence-electron chi connectivity index (χ3n) is 4.80. The Hall–Kier alpha value is -2.12. The summed E-state index contributed by atoms with van der Waals surface area (Å²) >= 11 is -2.50. The molecule has 0 bridgehead atoms. The molecule has 0 aliphatic rings. The van der Waals surface area contributed by atoms with E-state index in [-0.39, 0.29) is 0 Å². The van der Waals surface area contributed by atoms with Crippen LogP contribution in [0.4, 0.5) is 6.18 Å². The summed E-state index contributed by atoms with van der Waals surface area (Å²) in [5.74, 6) is 0. The van der Waals surface area contributed by atoms with Crippen molar-refractivity contribution in [2.75, 3.05) is 0 Å². The first-order chi connectivity index (χ1) is 14.6. The number of rotatable bonds is 2. The average Bonchev–Trinajstić information content (AvgIpc) is 3.28. The van der Waals surface area contributed by atoms with Crippen LogP contribution in [0.2, 0.25) is 0 Å². The number of hydrogen-bond acceptors (Lipinski definition) is 0. The first kappa shape index (κ1) is 22.6. The molecule has 0 saturated carbocycles. The Bertz CT molecular complexity index is 1160. The Morgan fingerprint density at radius 2 is 1.33 bits per heavy atom. The predicted molar refractivity (Wildman–Crippen MR) is 125 cm³/mol. The molecule has 0 amide bonds. The van der Waals surface area contributed by atoms with E-state index in [0.29, 0.717) is 0 Å². The topological polar surface area (TPSA) is 0 Å². The average molecular weight is 452 g/mol. The molecule has 5 aromatic rings.